The summed E-state index contributed by atoms with van der Waals surface area (Å²) < 4.78 is 1.82. The van der Waals surface area contributed by atoms with Crippen molar-refractivity contribution < 1.29 is 4.79 Å². The highest BCUT2D eigenvalue weighted by molar-refractivity contribution is 6.36. The van der Waals surface area contributed by atoms with E-state index < -0.39 is 0 Å². The number of nitrogens with zero attached hydrogens (tertiary/aromatic N) is 4. The molecule has 1 aliphatic rings. The maximum atomic E-state index is 12.9. The molecule has 1 aliphatic heterocycles. The van der Waals surface area contributed by atoms with Crippen molar-refractivity contribution in [1.29, 1.82) is 0 Å². The Kier molecular flexibility index (Phi) is 6.43. The summed E-state index contributed by atoms with van der Waals surface area (Å²) in [7, 11) is 1.99. The number of hydrogen-bond acceptors (Lipinski definition) is 4. The van der Waals surface area contributed by atoms with E-state index in [1.165, 1.54) is 0 Å². The number of benzene rings is 2. The molecule has 1 N–H and O–H groups in total. The van der Waals surface area contributed by atoms with Gasteiger partial charge in [0.15, 0.2) is 5.65 Å². The summed E-state index contributed by atoms with van der Waals surface area (Å²) in [6.45, 7) is 1.26. The van der Waals surface area contributed by atoms with Gasteiger partial charge in [-0.15, -0.1) is 0 Å². The SMILES string of the molecule is Bc1cnn2c(NC3CCN(C(=O)c4cc(Cl)cc(Cl)c4)CC3)cc(-c3ccccc3Cl)nc12. The molecule has 1 amide bonds. The van der Waals surface area contributed by atoms with Crippen LogP contribution in [-0.2, 0) is 0 Å². The highest BCUT2D eigenvalue weighted by atomic mass is 35.5. The van der Waals surface area contributed by atoms with Crippen LogP contribution in [0.4, 0.5) is 5.82 Å². The van der Waals surface area contributed by atoms with E-state index in [2.05, 4.69) is 10.4 Å². The van der Waals surface area contributed by atoms with Crippen molar-refractivity contribution >= 4 is 65.5 Å². The molecule has 5 rings (SSSR count). The predicted molar refractivity (Wildman–Crippen MR) is 141 cm³/mol. The Bertz CT molecular complexity index is 1360. The number of halogens is 3. The molecule has 1 fully saturated rings. The highest BCUT2D eigenvalue weighted by Crippen LogP contribution is 2.29. The summed E-state index contributed by atoms with van der Waals surface area (Å²) in [4.78, 5) is 19.6. The average Bonchev–Trinajstić information content (AvgIpc) is 3.20. The molecule has 1 saturated heterocycles. The Labute approximate surface area is 213 Å². The standard InChI is InChI=1S/C24H21BCl3N5O/c25-19-13-29-33-22(12-21(31-23(19)33)18-3-1-2-4-20(18)28)30-17-5-7-32(8-6-17)24(34)14-9-15(26)11-16(27)10-14/h1-4,9-13,17,30H,5-8,25H2. The summed E-state index contributed by atoms with van der Waals surface area (Å²) in [6, 6.07) is 14.8. The van der Waals surface area contributed by atoms with Crippen molar-refractivity contribution in [3.05, 3.63) is 75.4 Å². The van der Waals surface area contributed by atoms with Crippen LogP contribution in [0.1, 0.15) is 23.2 Å². The van der Waals surface area contributed by atoms with Gasteiger partial charge in [-0.1, -0.05) is 53.0 Å². The lowest BCUT2D eigenvalue weighted by Crippen LogP contribution is -2.42. The second kappa shape index (κ2) is 9.49. The first-order valence-electron chi connectivity index (χ1n) is 11.0. The van der Waals surface area contributed by atoms with Crippen LogP contribution >= 0.6 is 34.8 Å². The first-order chi connectivity index (χ1) is 16.4. The van der Waals surface area contributed by atoms with E-state index in [1.54, 1.807) is 24.4 Å². The third-order valence-electron chi connectivity index (χ3n) is 6.04. The van der Waals surface area contributed by atoms with Crippen molar-refractivity contribution in [2.75, 3.05) is 18.4 Å². The molecule has 172 valence electrons. The third kappa shape index (κ3) is 4.60. The summed E-state index contributed by atoms with van der Waals surface area (Å²) >= 11 is 18.6. The van der Waals surface area contributed by atoms with Gasteiger partial charge in [0.2, 0.25) is 0 Å². The highest BCUT2D eigenvalue weighted by Gasteiger charge is 2.25. The molecule has 2 aromatic heterocycles. The number of amides is 1. The molecule has 10 heteroatoms. The monoisotopic (exact) mass is 511 g/mol. The van der Waals surface area contributed by atoms with Gasteiger partial charge in [-0.3, -0.25) is 4.79 Å². The van der Waals surface area contributed by atoms with E-state index in [-0.39, 0.29) is 11.9 Å². The lowest BCUT2D eigenvalue weighted by atomic mass is 10.0. The van der Waals surface area contributed by atoms with E-state index in [0.717, 1.165) is 41.0 Å². The Morgan fingerprint density at radius 1 is 1.03 bits per heavy atom. The molecule has 34 heavy (non-hydrogen) atoms. The number of carbonyl (C=O) groups excluding carboxylic acids is 1. The van der Waals surface area contributed by atoms with Gasteiger partial charge in [0.05, 0.1) is 5.69 Å². The fourth-order valence-electron chi connectivity index (χ4n) is 4.28. The van der Waals surface area contributed by atoms with Crippen LogP contribution in [0.25, 0.3) is 16.9 Å². The van der Waals surface area contributed by atoms with Gasteiger partial charge in [0.25, 0.3) is 5.91 Å². The summed E-state index contributed by atoms with van der Waals surface area (Å²) in [5.74, 6) is 0.789. The van der Waals surface area contributed by atoms with Crippen molar-refractivity contribution in [3.8, 4) is 11.3 Å². The van der Waals surface area contributed by atoms with E-state index in [1.807, 2.05) is 47.6 Å². The zero-order chi connectivity index (χ0) is 23.8. The molecule has 4 aromatic rings. The Morgan fingerprint density at radius 3 is 2.44 bits per heavy atom. The Hall–Kier alpha value is -2.74. The fraction of sp³-hybridized carbons (Fsp3) is 0.208. The molecule has 0 spiro atoms. The number of hydrogen-bond donors (Lipinski definition) is 1. The summed E-state index contributed by atoms with van der Waals surface area (Å²) in [6.07, 6.45) is 3.40. The van der Waals surface area contributed by atoms with Gasteiger partial charge < -0.3 is 10.2 Å². The van der Waals surface area contributed by atoms with Crippen LogP contribution in [0.2, 0.25) is 15.1 Å². The molecular formula is C24H21BCl3N5O. The van der Waals surface area contributed by atoms with Crippen LogP contribution in [0, 0.1) is 0 Å². The quantitative estimate of drug-likeness (QED) is 0.414. The minimum atomic E-state index is -0.0575. The predicted octanol–water partition coefficient (Wildman–Crippen LogP) is 4.33. The largest absolute Gasteiger partial charge is 0.367 e. The number of likely N-dealkylation sites (tertiary alicyclic amines) is 1. The van der Waals surface area contributed by atoms with Gasteiger partial charge >= 0.3 is 0 Å². The molecule has 0 aliphatic carbocycles. The zero-order valence-electron chi connectivity index (χ0n) is 18.4. The van der Waals surface area contributed by atoms with Crippen LogP contribution in [0.5, 0.6) is 0 Å². The van der Waals surface area contributed by atoms with Crippen molar-refractivity contribution in [2.45, 2.75) is 18.9 Å². The van der Waals surface area contributed by atoms with E-state index in [0.29, 0.717) is 33.7 Å². The summed E-state index contributed by atoms with van der Waals surface area (Å²) in [5, 5.41) is 9.69. The average molecular weight is 513 g/mol. The first kappa shape index (κ1) is 23.0. The Morgan fingerprint density at radius 2 is 1.74 bits per heavy atom. The second-order valence-corrected chi connectivity index (χ2v) is 9.72. The Balaban J connectivity index is 1.35. The number of fused-ring (bicyclic) bond motifs is 1. The molecule has 0 unspecified atom stereocenters. The number of piperidine rings is 1. The molecule has 0 radical (unpaired) electrons. The van der Waals surface area contributed by atoms with Gasteiger partial charge in [0.1, 0.15) is 13.7 Å². The molecule has 6 nitrogen and oxygen atoms in total. The topological polar surface area (TPSA) is 62.5 Å². The molecule has 2 aromatic carbocycles. The van der Waals surface area contributed by atoms with Crippen LogP contribution in [0.15, 0.2) is 54.7 Å². The zero-order valence-corrected chi connectivity index (χ0v) is 20.7. The lowest BCUT2D eigenvalue weighted by molar-refractivity contribution is 0.0718. The van der Waals surface area contributed by atoms with E-state index in [9.17, 15) is 4.79 Å². The molecule has 0 atom stereocenters. The first-order valence-corrected chi connectivity index (χ1v) is 12.1. The minimum Gasteiger partial charge on any atom is -0.367 e. The van der Waals surface area contributed by atoms with Crippen molar-refractivity contribution in [3.63, 3.8) is 0 Å². The van der Waals surface area contributed by atoms with Crippen molar-refractivity contribution in [2.24, 2.45) is 0 Å². The fourth-order valence-corrected chi connectivity index (χ4v) is 5.04. The van der Waals surface area contributed by atoms with Crippen LogP contribution < -0.4 is 10.8 Å². The maximum Gasteiger partial charge on any atom is 0.253 e. The second-order valence-electron chi connectivity index (χ2n) is 8.44. The van der Waals surface area contributed by atoms with Gasteiger partial charge in [-0.2, -0.15) is 9.61 Å². The molecule has 0 saturated carbocycles. The van der Waals surface area contributed by atoms with E-state index >= 15 is 0 Å². The number of nitrogens with one attached hydrogen (secondary N) is 1. The number of rotatable bonds is 4. The molecular weight excluding hydrogens is 491 g/mol. The smallest absolute Gasteiger partial charge is 0.253 e. The third-order valence-corrected chi connectivity index (χ3v) is 6.81. The summed E-state index contributed by atoms with van der Waals surface area (Å²) in [5.41, 5.74) is 3.93. The lowest BCUT2D eigenvalue weighted by Gasteiger charge is -2.33. The molecule has 0 bridgehead atoms. The van der Waals surface area contributed by atoms with Crippen LogP contribution in [0.3, 0.4) is 0 Å². The van der Waals surface area contributed by atoms with Gasteiger partial charge in [-0.25, -0.2) is 4.98 Å². The molecule has 3 heterocycles. The number of carbonyl (C=O) groups is 1. The maximum absolute atomic E-state index is 12.9. The van der Waals surface area contributed by atoms with E-state index in [4.69, 9.17) is 39.8 Å². The van der Waals surface area contributed by atoms with Gasteiger partial charge in [-0.05, 0) is 42.6 Å². The van der Waals surface area contributed by atoms with Gasteiger partial charge in [0, 0.05) is 57.6 Å². The van der Waals surface area contributed by atoms with Crippen LogP contribution in [-0.4, -0.2) is 52.4 Å². The number of aromatic nitrogens is 3. The van der Waals surface area contributed by atoms with Crippen molar-refractivity contribution in [1.82, 2.24) is 19.5 Å². The number of anilines is 1. The normalized spacial score (nSPS) is 14.5. The minimum absolute atomic E-state index is 0.0575.